The van der Waals surface area contributed by atoms with Gasteiger partial charge in [-0.05, 0) is 6.92 Å². The molecule has 0 fully saturated rings. The third-order valence-electron chi connectivity index (χ3n) is 2.46. The number of ether oxygens (including phenoxy) is 1. The Morgan fingerprint density at radius 2 is 2.00 bits per heavy atom. The first-order chi connectivity index (χ1) is 10.1. The number of nitriles is 1. The number of nitrogens with one attached hydrogen (secondary N) is 1. The van der Waals surface area contributed by atoms with E-state index in [0.29, 0.717) is 5.56 Å². The molecule has 1 rings (SSSR count). The van der Waals surface area contributed by atoms with Gasteiger partial charge in [-0.1, -0.05) is 34.6 Å². The fourth-order valence-corrected chi connectivity index (χ4v) is 1.50. The minimum Gasteiger partial charge on any atom is -0.480 e. The highest BCUT2D eigenvalue weighted by Crippen LogP contribution is 2.13. The van der Waals surface area contributed by atoms with Crippen molar-refractivity contribution < 1.29 is 14.4 Å². The summed E-state index contributed by atoms with van der Waals surface area (Å²) >= 11 is 0. The van der Waals surface area contributed by atoms with Gasteiger partial charge in [-0.15, -0.1) is 0 Å². The smallest absolute Gasteiger partial charge is 0.236 e. The Bertz CT molecular complexity index is 602. The molecule has 0 unspecified atom stereocenters. The molecule has 7 heteroatoms. The lowest BCUT2D eigenvalue weighted by Gasteiger charge is -2.10. The monoisotopic (exact) mass is 288 g/mol. The Labute approximate surface area is 122 Å². The van der Waals surface area contributed by atoms with Gasteiger partial charge in [0.15, 0.2) is 11.4 Å². The molecule has 0 spiro atoms. The van der Waals surface area contributed by atoms with E-state index in [1.165, 1.54) is 14.2 Å². The van der Waals surface area contributed by atoms with E-state index in [1.807, 2.05) is 12.1 Å². The van der Waals surface area contributed by atoms with Gasteiger partial charge >= 0.3 is 0 Å². The molecule has 0 amide bonds. The SMILES string of the molecule is CON=C(C(=N)OC)c1ccccc1CO/N=C(\C)C#N. The van der Waals surface area contributed by atoms with Crippen LogP contribution in [0.15, 0.2) is 34.6 Å². The second-order valence-corrected chi connectivity index (χ2v) is 3.87. The van der Waals surface area contributed by atoms with Crippen molar-refractivity contribution in [3.8, 4) is 6.07 Å². The van der Waals surface area contributed by atoms with E-state index in [-0.39, 0.29) is 23.9 Å². The molecule has 0 saturated carbocycles. The molecule has 0 atom stereocenters. The van der Waals surface area contributed by atoms with Gasteiger partial charge < -0.3 is 14.4 Å². The van der Waals surface area contributed by atoms with Crippen molar-refractivity contribution in [1.29, 1.82) is 10.7 Å². The van der Waals surface area contributed by atoms with Crippen LogP contribution in [0.3, 0.4) is 0 Å². The summed E-state index contributed by atoms with van der Waals surface area (Å²) < 4.78 is 4.90. The molecule has 0 bridgehead atoms. The number of rotatable bonds is 6. The van der Waals surface area contributed by atoms with Crippen LogP contribution in [0.1, 0.15) is 18.1 Å². The van der Waals surface area contributed by atoms with Gasteiger partial charge in [0.25, 0.3) is 0 Å². The van der Waals surface area contributed by atoms with Crippen molar-refractivity contribution in [1.82, 2.24) is 0 Å². The number of methoxy groups -OCH3 is 1. The first-order valence-electron chi connectivity index (χ1n) is 6.03. The van der Waals surface area contributed by atoms with E-state index in [1.54, 1.807) is 25.1 Å². The average Bonchev–Trinajstić information content (AvgIpc) is 2.52. The van der Waals surface area contributed by atoms with Gasteiger partial charge in [0.2, 0.25) is 5.90 Å². The van der Waals surface area contributed by atoms with E-state index in [4.69, 9.17) is 25.1 Å². The van der Waals surface area contributed by atoms with Gasteiger partial charge in [0.05, 0.1) is 7.11 Å². The number of nitrogens with zero attached hydrogens (tertiary/aromatic N) is 3. The molecular weight excluding hydrogens is 272 g/mol. The number of hydrogen-bond acceptors (Lipinski definition) is 7. The van der Waals surface area contributed by atoms with Crippen LogP contribution in [0.4, 0.5) is 0 Å². The van der Waals surface area contributed by atoms with Crippen molar-refractivity contribution in [2.75, 3.05) is 14.2 Å². The van der Waals surface area contributed by atoms with E-state index in [9.17, 15) is 0 Å². The van der Waals surface area contributed by atoms with Crippen molar-refractivity contribution in [2.45, 2.75) is 13.5 Å². The fraction of sp³-hybridized carbons (Fsp3) is 0.286. The Morgan fingerprint density at radius 3 is 2.62 bits per heavy atom. The zero-order valence-electron chi connectivity index (χ0n) is 12.1. The predicted molar refractivity (Wildman–Crippen MR) is 78.2 cm³/mol. The second-order valence-electron chi connectivity index (χ2n) is 3.87. The summed E-state index contributed by atoms with van der Waals surface area (Å²) in [6.07, 6.45) is 0. The first kappa shape index (κ1) is 16.2. The van der Waals surface area contributed by atoms with Gasteiger partial charge in [-0.2, -0.15) is 5.26 Å². The molecule has 21 heavy (non-hydrogen) atoms. The molecule has 0 heterocycles. The van der Waals surface area contributed by atoms with Crippen LogP contribution < -0.4 is 0 Å². The largest absolute Gasteiger partial charge is 0.480 e. The summed E-state index contributed by atoms with van der Waals surface area (Å²) in [6.45, 7) is 1.68. The minimum absolute atomic E-state index is 0.124. The maximum absolute atomic E-state index is 8.61. The topological polar surface area (TPSA) is 100 Å². The summed E-state index contributed by atoms with van der Waals surface area (Å²) in [6, 6.07) is 9.06. The normalized spacial score (nSPS) is 11.5. The van der Waals surface area contributed by atoms with Crippen LogP contribution in [0, 0.1) is 16.7 Å². The number of hydrogen-bond donors (Lipinski definition) is 1. The summed E-state index contributed by atoms with van der Waals surface area (Å²) in [7, 11) is 2.77. The van der Waals surface area contributed by atoms with Crippen LogP contribution in [0.25, 0.3) is 0 Å². The molecule has 1 aromatic rings. The molecule has 0 aliphatic rings. The van der Waals surface area contributed by atoms with Gasteiger partial charge in [0, 0.05) is 11.1 Å². The lowest BCUT2D eigenvalue weighted by atomic mass is 10.0. The highest BCUT2D eigenvalue weighted by molar-refractivity contribution is 6.44. The maximum atomic E-state index is 8.61. The lowest BCUT2D eigenvalue weighted by molar-refractivity contribution is 0.130. The standard InChI is InChI=1S/C14H16N4O3/c1-10(8-15)17-21-9-11-6-4-5-7-12(11)13(18-20-3)14(16)19-2/h4-7,16H,9H2,1-3H3/b16-14?,17-10+,18-13?. The van der Waals surface area contributed by atoms with E-state index >= 15 is 0 Å². The Morgan fingerprint density at radius 1 is 1.29 bits per heavy atom. The van der Waals surface area contributed by atoms with Crippen LogP contribution in [0.2, 0.25) is 0 Å². The third kappa shape index (κ3) is 4.62. The van der Waals surface area contributed by atoms with Crippen LogP contribution in [-0.4, -0.2) is 31.5 Å². The zero-order chi connectivity index (χ0) is 15.7. The van der Waals surface area contributed by atoms with E-state index in [2.05, 4.69) is 10.3 Å². The Kier molecular flexibility index (Phi) is 6.41. The average molecular weight is 288 g/mol. The fourth-order valence-electron chi connectivity index (χ4n) is 1.50. The van der Waals surface area contributed by atoms with Crippen molar-refractivity contribution in [3.05, 3.63) is 35.4 Å². The summed E-state index contributed by atoms with van der Waals surface area (Å²) in [5.41, 5.74) is 1.85. The third-order valence-corrected chi connectivity index (χ3v) is 2.46. The van der Waals surface area contributed by atoms with E-state index in [0.717, 1.165) is 5.56 Å². The Hall–Kier alpha value is -2.88. The molecule has 0 saturated heterocycles. The lowest BCUT2D eigenvalue weighted by Crippen LogP contribution is -2.18. The summed E-state index contributed by atoms with van der Waals surface area (Å²) in [4.78, 5) is 9.87. The molecule has 0 aromatic heterocycles. The van der Waals surface area contributed by atoms with Crippen molar-refractivity contribution in [3.63, 3.8) is 0 Å². The van der Waals surface area contributed by atoms with Gasteiger partial charge in [-0.25, -0.2) is 0 Å². The summed E-state index contributed by atoms with van der Waals surface area (Å²) in [5.74, 6) is -0.124. The van der Waals surface area contributed by atoms with Crippen LogP contribution >= 0.6 is 0 Å². The molecule has 0 radical (unpaired) electrons. The van der Waals surface area contributed by atoms with E-state index < -0.39 is 0 Å². The zero-order valence-corrected chi connectivity index (χ0v) is 12.1. The molecular formula is C14H16N4O3. The van der Waals surface area contributed by atoms with Crippen molar-refractivity contribution in [2.24, 2.45) is 10.3 Å². The molecule has 0 aliphatic heterocycles. The minimum atomic E-state index is -0.124. The second kappa shape index (κ2) is 8.32. The molecule has 1 aromatic carbocycles. The highest BCUT2D eigenvalue weighted by Gasteiger charge is 2.16. The van der Waals surface area contributed by atoms with Crippen LogP contribution in [-0.2, 0) is 21.0 Å². The summed E-state index contributed by atoms with van der Waals surface area (Å²) in [5, 5.41) is 23.8. The van der Waals surface area contributed by atoms with Crippen molar-refractivity contribution >= 4 is 17.3 Å². The molecule has 7 nitrogen and oxygen atoms in total. The van der Waals surface area contributed by atoms with Gasteiger partial charge in [0.1, 0.15) is 19.8 Å². The quantitative estimate of drug-likeness (QED) is 0.492. The number of oxime groups is 2. The number of benzene rings is 1. The molecule has 0 aliphatic carbocycles. The Balaban J connectivity index is 3.05. The maximum Gasteiger partial charge on any atom is 0.236 e. The highest BCUT2D eigenvalue weighted by atomic mass is 16.6. The van der Waals surface area contributed by atoms with Crippen LogP contribution in [0.5, 0.6) is 0 Å². The van der Waals surface area contributed by atoms with Gasteiger partial charge in [-0.3, -0.25) is 5.41 Å². The predicted octanol–water partition coefficient (Wildman–Crippen LogP) is 2.08. The molecule has 1 N–H and O–H groups in total. The first-order valence-corrected chi connectivity index (χ1v) is 6.03. The molecule has 110 valence electrons.